The van der Waals surface area contributed by atoms with E-state index in [0.717, 1.165) is 11.3 Å². The van der Waals surface area contributed by atoms with Gasteiger partial charge >= 0.3 is 0 Å². The van der Waals surface area contributed by atoms with Gasteiger partial charge in [0.05, 0.1) is 5.69 Å². The number of rotatable bonds is 3. The van der Waals surface area contributed by atoms with Crippen LogP contribution in [-0.2, 0) is 0 Å². The summed E-state index contributed by atoms with van der Waals surface area (Å²) in [4.78, 5) is 4.41. The largest absolute Gasteiger partial charge is 0.351 e. The molecule has 0 N–H and O–H groups in total. The lowest BCUT2D eigenvalue weighted by atomic mass is 10.3. The predicted molar refractivity (Wildman–Crippen MR) is 68.5 cm³/mol. The van der Waals surface area contributed by atoms with Crippen LogP contribution in [0.5, 0.6) is 0 Å². The van der Waals surface area contributed by atoms with Gasteiger partial charge in [-0.1, -0.05) is 18.2 Å². The smallest absolute Gasteiger partial charge is 0.0629 e. The molecule has 16 heavy (non-hydrogen) atoms. The van der Waals surface area contributed by atoms with Crippen LogP contribution in [0.3, 0.4) is 0 Å². The molecule has 1 aromatic carbocycles. The van der Waals surface area contributed by atoms with Crippen molar-refractivity contribution < 1.29 is 0 Å². The maximum atomic E-state index is 4.41. The minimum Gasteiger partial charge on any atom is -0.351 e. The van der Waals surface area contributed by atoms with Gasteiger partial charge in [0.2, 0.25) is 0 Å². The Bertz CT molecular complexity index is 466. The number of hydrogen-bond donors (Lipinski definition) is 0. The Morgan fingerprint density at radius 2 is 1.88 bits per heavy atom. The Balaban J connectivity index is 2.12. The highest BCUT2D eigenvalue weighted by Crippen LogP contribution is 2.11. The lowest BCUT2D eigenvalue weighted by Crippen LogP contribution is -1.95. The first-order valence-electron chi connectivity index (χ1n) is 5.52. The van der Waals surface area contributed by atoms with Gasteiger partial charge in [0, 0.05) is 30.2 Å². The number of para-hydroxylation sites is 1. The number of hydrogen-bond acceptors (Lipinski definition) is 1. The van der Waals surface area contributed by atoms with Crippen LogP contribution in [-0.4, -0.2) is 10.8 Å². The molecule has 0 radical (unpaired) electrons. The van der Waals surface area contributed by atoms with Crippen LogP contribution < -0.4 is 0 Å². The van der Waals surface area contributed by atoms with E-state index in [0.29, 0.717) is 6.04 Å². The molecule has 2 nitrogen and oxygen atoms in total. The summed E-state index contributed by atoms with van der Waals surface area (Å²) >= 11 is 0. The monoisotopic (exact) mass is 212 g/mol. The zero-order chi connectivity index (χ0) is 11.4. The quantitative estimate of drug-likeness (QED) is 0.688. The maximum Gasteiger partial charge on any atom is 0.0629 e. The molecule has 2 rings (SSSR count). The van der Waals surface area contributed by atoms with E-state index < -0.39 is 0 Å². The van der Waals surface area contributed by atoms with Gasteiger partial charge in [0.1, 0.15) is 0 Å². The molecule has 2 heteroatoms. The standard InChI is InChI=1S/C14H16N2/c1-12(2)16-9-8-13(11-16)10-15-14-6-4-3-5-7-14/h3-12H,1-2H3. The summed E-state index contributed by atoms with van der Waals surface area (Å²) in [6.07, 6.45) is 6.09. The van der Waals surface area contributed by atoms with Crippen LogP contribution in [0.25, 0.3) is 0 Å². The van der Waals surface area contributed by atoms with Crippen LogP contribution >= 0.6 is 0 Å². The molecule has 0 aliphatic rings. The Morgan fingerprint density at radius 1 is 1.12 bits per heavy atom. The second-order valence-electron chi connectivity index (χ2n) is 4.08. The number of aliphatic imine (C=N–C) groups is 1. The van der Waals surface area contributed by atoms with Crippen LogP contribution in [0.2, 0.25) is 0 Å². The number of aromatic nitrogens is 1. The van der Waals surface area contributed by atoms with Gasteiger partial charge in [-0.15, -0.1) is 0 Å². The lowest BCUT2D eigenvalue weighted by Gasteiger charge is -2.04. The predicted octanol–water partition coefficient (Wildman–Crippen LogP) is 3.82. The van der Waals surface area contributed by atoms with Crippen LogP contribution in [0.1, 0.15) is 25.5 Å². The minimum absolute atomic E-state index is 0.499. The molecule has 0 saturated carbocycles. The molecule has 0 saturated heterocycles. The highest BCUT2D eigenvalue weighted by Gasteiger charge is 1.97. The summed E-state index contributed by atoms with van der Waals surface area (Å²) in [5.41, 5.74) is 2.12. The van der Waals surface area contributed by atoms with Gasteiger partial charge in [-0.3, -0.25) is 4.99 Å². The molecule has 1 aromatic heterocycles. The van der Waals surface area contributed by atoms with Crippen molar-refractivity contribution in [2.45, 2.75) is 19.9 Å². The highest BCUT2D eigenvalue weighted by molar-refractivity contribution is 5.81. The molecule has 0 aliphatic heterocycles. The average molecular weight is 212 g/mol. The summed E-state index contributed by atoms with van der Waals surface area (Å²) < 4.78 is 2.17. The maximum absolute atomic E-state index is 4.41. The zero-order valence-corrected chi connectivity index (χ0v) is 9.67. The lowest BCUT2D eigenvalue weighted by molar-refractivity contribution is 0.603. The Labute approximate surface area is 96.3 Å². The molecule has 82 valence electrons. The molecule has 0 atom stereocenters. The summed E-state index contributed by atoms with van der Waals surface area (Å²) in [5.74, 6) is 0. The Hall–Kier alpha value is -1.83. The topological polar surface area (TPSA) is 17.3 Å². The minimum atomic E-state index is 0.499. The van der Waals surface area contributed by atoms with E-state index in [-0.39, 0.29) is 0 Å². The summed E-state index contributed by atoms with van der Waals surface area (Å²) in [6, 6.07) is 12.5. The fraction of sp³-hybridized carbons (Fsp3) is 0.214. The van der Waals surface area contributed by atoms with E-state index in [1.165, 1.54) is 0 Å². The van der Waals surface area contributed by atoms with E-state index in [1.54, 1.807) is 0 Å². The third-order valence-corrected chi connectivity index (χ3v) is 2.45. The molecule has 2 aromatic rings. The van der Waals surface area contributed by atoms with Crippen molar-refractivity contribution in [3.63, 3.8) is 0 Å². The van der Waals surface area contributed by atoms with Crippen molar-refractivity contribution in [1.29, 1.82) is 0 Å². The van der Waals surface area contributed by atoms with Crippen LogP contribution in [0, 0.1) is 0 Å². The normalized spacial score (nSPS) is 11.4. The fourth-order valence-electron chi connectivity index (χ4n) is 1.49. The van der Waals surface area contributed by atoms with Gasteiger partial charge in [0.25, 0.3) is 0 Å². The first kappa shape index (κ1) is 10.7. The Kier molecular flexibility index (Phi) is 3.20. The van der Waals surface area contributed by atoms with Crippen LogP contribution in [0.4, 0.5) is 5.69 Å². The van der Waals surface area contributed by atoms with E-state index in [2.05, 4.69) is 41.9 Å². The second kappa shape index (κ2) is 4.79. The summed E-state index contributed by atoms with van der Waals surface area (Å²) in [6.45, 7) is 4.33. The molecule has 1 heterocycles. The molecule has 0 amide bonds. The average Bonchev–Trinajstić information content (AvgIpc) is 2.76. The van der Waals surface area contributed by atoms with Gasteiger partial charge in [0.15, 0.2) is 0 Å². The van der Waals surface area contributed by atoms with Crippen molar-refractivity contribution in [3.8, 4) is 0 Å². The zero-order valence-electron chi connectivity index (χ0n) is 9.67. The first-order valence-corrected chi connectivity index (χ1v) is 5.52. The SMILES string of the molecule is CC(C)n1ccc(C=Nc2ccccc2)c1. The Morgan fingerprint density at radius 3 is 2.50 bits per heavy atom. The van der Waals surface area contributed by atoms with Gasteiger partial charge < -0.3 is 4.57 Å². The van der Waals surface area contributed by atoms with E-state index >= 15 is 0 Å². The first-order chi connectivity index (χ1) is 7.75. The molecule has 0 aliphatic carbocycles. The van der Waals surface area contributed by atoms with Gasteiger partial charge in [-0.25, -0.2) is 0 Å². The number of benzene rings is 1. The molecule has 0 spiro atoms. The summed E-state index contributed by atoms with van der Waals surface area (Å²) in [5, 5.41) is 0. The van der Waals surface area contributed by atoms with Crippen molar-refractivity contribution in [3.05, 3.63) is 54.4 Å². The van der Waals surface area contributed by atoms with E-state index in [1.807, 2.05) is 36.5 Å². The number of nitrogens with zero attached hydrogens (tertiary/aromatic N) is 2. The van der Waals surface area contributed by atoms with Crippen LogP contribution in [0.15, 0.2) is 53.8 Å². The van der Waals surface area contributed by atoms with E-state index in [9.17, 15) is 0 Å². The van der Waals surface area contributed by atoms with E-state index in [4.69, 9.17) is 0 Å². The van der Waals surface area contributed by atoms with Gasteiger partial charge in [-0.05, 0) is 32.0 Å². The third-order valence-electron chi connectivity index (χ3n) is 2.45. The van der Waals surface area contributed by atoms with Crippen molar-refractivity contribution in [2.75, 3.05) is 0 Å². The van der Waals surface area contributed by atoms with Crippen molar-refractivity contribution in [2.24, 2.45) is 4.99 Å². The molecular weight excluding hydrogens is 196 g/mol. The third kappa shape index (κ3) is 2.60. The molecule has 0 fully saturated rings. The molecular formula is C14H16N2. The van der Waals surface area contributed by atoms with Crippen molar-refractivity contribution >= 4 is 11.9 Å². The fourth-order valence-corrected chi connectivity index (χ4v) is 1.49. The molecule has 0 unspecified atom stereocenters. The van der Waals surface area contributed by atoms with Crippen molar-refractivity contribution in [1.82, 2.24) is 4.57 Å². The highest BCUT2D eigenvalue weighted by atomic mass is 15.0. The summed E-state index contributed by atoms with van der Waals surface area (Å²) in [7, 11) is 0. The molecule has 0 bridgehead atoms. The van der Waals surface area contributed by atoms with Gasteiger partial charge in [-0.2, -0.15) is 0 Å². The second-order valence-corrected chi connectivity index (χ2v) is 4.08.